The summed E-state index contributed by atoms with van der Waals surface area (Å²) in [7, 11) is 1.67. The van der Waals surface area contributed by atoms with Crippen LogP contribution in [0.1, 0.15) is 45.9 Å². The lowest BCUT2D eigenvalue weighted by atomic mass is 9.91. The van der Waals surface area contributed by atoms with Crippen LogP contribution < -0.4 is 4.74 Å². The van der Waals surface area contributed by atoms with E-state index in [1.165, 1.54) is 0 Å². The molecule has 86 valence electrons. The van der Waals surface area contributed by atoms with Crippen molar-refractivity contribution in [3.63, 3.8) is 0 Å². The predicted octanol–water partition coefficient (Wildman–Crippen LogP) is 3.72. The van der Waals surface area contributed by atoms with Gasteiger partial charge in [0.15, 0.2) is 0 Å². The van der Waals surface area contributed by atoms with Crippen molar-refractivity contribution in [2.45, 2.75) is 47.0 Å². The fourth-order valence-electron chi connectivity index (χ4n) is 1.17. The van der Waals surface area contributed by atoms with Gasteiger partial charge < -0.3 is 4.74 Å². The zero-order valence-corrected chi connectivity index (χ0v) is 11.0. The molecule has 0 amide bonds. The number of aryl methyl sites for hydroxylation is 1. The Morgan fingerprint density at radius 1 is 1.20 bits per heavy atom. The number of aromatic nitrogens is 1. The minimum absolute atomic E-state index is 0.108. The van der Waals surface area contributed by atoms with E-state index in [1.807, 2.05) is 20.8 Å². The normalized spacial score (nSPS) is 10.3. The lowest BCUT2D eigenvalue weighted by Crippen LogP contribution is -2.13. The second-order valence-corrected chi connectivity index (χ2v) is 4.29. The van der Waals surface area contributed by atoms with Crippen LogP contribution in [0.2, 0.25) is 0 Å². The first-order valence-corrected chi connectivity index (χ1v) is 5.46. The highest BCUT2D eigenvalue weighted by atomic mass is 16.5. The number of hydrogen-bond acceptors (Lipinski definition) is 2. The number of rotatable bonds is 1. The summed E-state index contributed by atoms with van der Waals surface area (Å²) >= 11 is 0. The van der Waals surface area contributed by atoms with E-state index in [1.54, 1.807) is 13.3 Å². The summed E-state index contributed by atoms with van der Waals surface area (Å²) < 4.78 is 5.15. The molecular weight excluding hydrogens is 186 g/mol. The number of hydrogen-bond donors (Lipinski definition) is 0. The van der Waals surface area contributed by atoms with Gasteiger partial charge in [0, 0.05) is 11.1 Å². The standard InChI is InChI=1S/C11H17NO.C2H6/c1-8-6-10(11(2,3)4)12-7-9(8)13-5;1-2/h6-7H,1-5H3;1-2H3. The van der Waals surface area contributed by atoms with E-state index in [-0.39, 0.29) is 5.41 Å². The molecule has 0 N–H and O–H groups in total. The third kappa shape index (κ3) is 3.90. The van der Waals surface area contributed by atoms with E-state index in [2.05, 4.69) is 31.8 Å². The van der Waals surface area contributed by atoms with E-state index >= 15 is 0 Å². The first-order chi connectivity index (χ1) is 6.95. The van der Waals surface area contributed by atoms with Crippen LogP contribution in [0, 0.1) is 6.92 Å². The summed E-state index contributed by atoms with van der Waals surface area (Å²) in [6.45, 7) is 12.5. The van der Waals surface area contributed by atoms with Crippen LogP contribution in [-0.2, 0) is 5.41 Å². The Labute approximate surface area is 93.7 Å². The number of methoxy groups -OCH3 is 1. The van der Waals surface area contributed by atoms with Gasteiger partial charge in [-0.15, -0.1) is 0 Å². The predicted molar refractivity (Wildman–Crippen MR) is 65.6 cm³/mol. The minimum atomic E-state index is 0.108. The van der Waals surface area contributed by atoms with E-state index in [9.17, 15) is 0 Å². The summed E-state index contributed by atoms with van der Waals surface area (Å²) in [6, 6.07) is 2.08. The van der Waals surface area contributed by atoms with Crippen molar-refractivity contribution >= 4 is 0 Å². The summed E-state index contributed by atoms with van der Waals surface area (Å²) in [4.78, 5) is 4.36. The van der Waals surface area contributed by atoms with Gasteiger partial charge in [0.25, 0.3) is 0 Å². The van der Waals surface area contributed by atoms with Gasteiger partial charge in [0.2, 0.25) is 0 Å². The maximum Gasteiger partial charge on any atom is 0.140 e. The first kappa shape index (κ1) is 13.9. The van der Waals surface area contributed by atoms with Gasteiger partial charge in [-0.25, -0.2) is 0 Å². The van der Waals surface area contributed by atoms with Crippen molar-refractivity contribution in [2.24, 2.45) is 0 Å². The molecule has 2 heteroatoms. The Hall–Kier alpha value is -1.05. The lowest BCUT2D eigenvalue weighted by molar-refractivity contribution is 0.408. The monoisotopic (exact) mass is 209 g/mol. The molecule has 1 aromatic heterocycles. The molecule has 15 heavy (non-hydrogen) atoms. The second kappa shape index (κ2) is 5.74. The van der Waals surface area contributed by atoms with Crippen LogP contribution in [0.5, 0.6) is 5.75 Å². The molecule has 0 aromatic carbocycles. The fraction of sp³-hybridized carbons (Fsp3) is 0.615. The molecular formula is C13H23NO. The minimum Gasteiger partial charge on any atom is -0.495 e. The molecule has 1 rings (SSSR count). The third-order valence-corrected chi connectivity index (χ3v) is 2.05. The molecule has 1 heterocycles. The Kier molecular flexibility index (Phi) is 5.34. The van der Waals surface area contributed by atoms with Crippen LogP contribution >= 0.6 is 0 Å². The first-order valence-electron chi connectivity index (χ1n) is 5.46. The molecule has 0 aliphatic rings. The van der Waals surface area contributed by atoms with E-state index < -0.39 is 0 Å². The average molecular weight is 209 g/mol. The van der Waals surface area contributed by atoms with Gasteiger partial charge in [0.1, 0.15) is 5.75 Å². The van der Waals surface area contributed by atoms with Crippen LogP contribution in [0.4, 0.5) is 0 Å². The van der Waals surface area contributed by atoms with Crippen molar-refractivity contribution in [1.29, 1.82) is 0 Å². The molecule has 0 aliphatic carbocycles. The molecule has 0 aliphatic heterocycles. The van der Waals surface area contributed by atoms with Crippen molar-refractivity contribution in [3.05, 3.63) is 23.5 Å². The van der Waals surface area contributed by atoms with E-state index in [0.717, 1.165) is 17.0 Å². The van der Waals surface area contributed by atoms with Crippen LogP contribution in [0.15, 0.2) is 12.3 Å². The maximum absolute atomic E-state index is 5.15. The van der Waals surface area contributed by atoms with Crippen LogP contribution in [-0.4, -0.2) is 12.1 Å². The zero-order chi connectivity index (χ0) is 12.1. The number of pyridine rings is 1. The summed E-state index contributed by atoms with van der Waals surface area (Å²) in [6.07, 6.45) is 1.79. The van der Waals surface area contributed by atoms with Crippen LogP contribution in [0.3, 0.4) is 0 Å². The quantitative estimate of drug-likeness (QED) is 0.703. The van der Waals surface area contributed by atoms with Gasteiger partial charge in [-0.1, -0.05) is 34.6 Å². The topological polar surface area (TPSA) is 22.1 Å². The molecule has 1 aromatic rings. The van der Waals surface area contributed by atoms with Crippen molar-refractivity contribution in [2.75, 3.05) is 7.11 Å². The smallest absolute Gasteiger partial charge is 0.140 e. The third-order valence-electron chi connectivity index (χ3n) is 2.05. The molecule has 0 fully saturated rings. The Balaban J connectivity index is 0.000000921. The van der Waals surface area contributed by atoms with Gasteiger partial charge in [-0.2, -0.15) is 0 Å². The molecule has 0 spiro atoms. The fourth-order valence-corrected chi connectivity index (χ4v) is 1.17. The SMILES string of the molecule is CC.COc1cnc(C(C)(C)C)cc1C. The van der Waals surface area contributed by atoms with Gasteiger partial charge >= 0.3 is 0 Å². The molecule has 0 atom stereocenters. The largest absolute Gasteiger partial charge is 0.495 e. The van der Waals surface area contributed by atoms with Crippen LogP contribution in [0.25, 0.3) is 0 Å². The molecule has 0 bridgehead atoms. The molecule has 2 nitrogen and oxygen atoms in total. The molecule has 0 saturated heterocycles. The highest BCUT2D eigenvalue weighted by molar-refractivity contribution is 5.32. The van der Waals surface area contributed by atoms with Crippen molar-refractivity contribution in [1.82, 2.24) is 4.98 Å². The summed E-state index contributed by atoms with van der Waals surface area (Å²) in [5.41, 5.74) is 2.35. The average Bonchev–Trinajstić information content (AvgIpc) is 2.19. The molecule has 0 unspecified atom stereocenters. The molecule has 0 radical (unpaired) electrons. The summed E-state index contributed by atoms with van der Waals surface area (Å²) in [5, 5.41) is 0. The summed E-state index contributed by atoms with van der Waals surface area (Å²) in [5.74, 6) is 0.855. The number of nitrogens with zero attached hydrogens (tertiary/aromatic N) is 1. The number of ether oxygens (including phenoxy) is 1. The second-order valence-electron chi connectivity index (χ2n) is 4.29. The Morgan fingerprint density at radius 2 is 1.73 bits per heavy atom. The Bertz CT molecular complexity index is 300. The molecule has 0 saturated carbocycles. The van der Waals surface area contributed by atoms with Gasteiger partial charge in [-0.05, 0) is 18.6 Å². The maximum atomic E-state index is 5.15. The Morgan fingerprint density at radius 3 is 2.07 bits per heavy atom. The highest BCUT2D eigenvalue weighted by Crippen LogP contribution is 2.24. The van der Waals surface area contributed by atoms with E-state index in [4.69, 9.17) is 4.74 Å². The van der Waals surface area contributed by atoms with Crippen molar-refractivity contribution < 1.29 is 4.74 Å². The zero-order valence-electron chi connectivity index (χ0n) is 11.0. The van der Waals surface area contributed by atoms with Gasteiger partial charge in [0.05, 0.1) is 13.3 Å². The highest BCUT2D eigenvalue weighted by Gasteiger charge is 2.16. The van der Waals surface area contributed by atoms with Gasteiger partial charge in [-0.3, -0.25) is 4.98 Å². The van der Waals surface area contributed by atoms with E-state index in [0.29, 0.717) is 0 Å². The lowest BCUT2D eigenvalue weighted by Gasteiger charge is -2.18. The van der Waals surface area contributed by atoms with Crippen molar-refractivity contribution in [3.8, 4) is 5.75 Å².